The van der Waals surface area contributed by atoms with Crippen LogP contribution in [0, 0.1) is 5.82 Å². The summed E-state index contributed by atoms with van der Waals surface area (Å²) in [4.78, 5) is 16.4. The minimum atomic E-state index is -0.409. The van der Waals surface area contributed by atoms with Crippen LogP contribution in [-0.2, 0) is 11.3 Å². The summed E-state index contributed by atoms with van der Waals surface area (Å²) in [6.07, 6.45) is -0.0173. The zero-order chi connectivity index (χ0) is 16.2. The zero-order valence-corrected chi connectivity index (χ0v) is 13.5. The number of pyridine rings is 1. The fourth-order valence-electron chi connectivity index (χ4n) is 2.48. The number of thiophene rings is 1. The van der Waals surface area contributed by atoms with Crippen LogP contribution in [0.2, 0.25) is 0 Å². The van der Waals surface area contributed by atoms with Gasteiger partial charge in [0.05, 0.1) is 0 Å². The highest BCUT2D eigenvalue weighted by Crippen LogP contribution is 2.21. The van der Waals surface area contributed by atoms with Gasteiger partial charge in [0.25, 0.3) is 0 Å². The summed E-state index contributed by atoms with van der Waals surface area (Å²) < 4.78 is 18.7. The summed E-state index contributed by atoms with van der Waals surface area (Å²) in [5.74, 6) is -0.409. The molecule has 23 heavy (non-hydrogen) atoms. The lowest BCUT2D eigenvalue weighted by atomic mass is 10.2. The summed E-state index contributed by atoms with van der Waals surface area (Å²) in [6, 6.07) is 9.70. The Balaban J connectivity index is 1.70. The molecule has 0 aliphatic carbocycles. The fourth-order valence-corrected chi connectivity index (χ4v) is 3.28. The van der Waals surface area contributed by atoms with Crippen molar-refractivity contribution in [1.82, 2.24) is 10.3 Å². The molecule has 0 radical (unpaired) electrons. The Hall–Kier alpha value is -2.02. The third-order valence-corrected chi connectivity index (χ3v) is 4.60. The summed E-state index contributed by atoms with van der Waals surface area (Å²) in [5, 5.41) is 5.66. The van der Waals surface area contributed by atoms with Crippen molar-refractivity contribution in [3.05, 3.63) is 68.4 Å². The first-order valence-electron chi connectivity index (χ1n) is 7.26. The molecule has 1 aromatic carbocycles. The Kier molecular flexibility index (Phi) is 4.85. The minimum absolute atomic E-state index is 0.0173. The molecule has 4 nitrogen and oxygen atoms in total. The molecule has 0 saturated heterocycles. The topological polar surface area (TPSA) is 54.1 Å². The van der Waals surface area contributed by atoms with Crippen LogP contribution in [0.15, 0.2) is 46.6 Å². The summed E-state index contributed by atoms with van der Waals surface area (Å²) in [7, 11) is 1.68. The quantitative estimate of drug-likeness (QED) is 0.729. The Morgan fingerprint density at radius 1 is 1.35 bits per heavy atom. The van der Waals surface area contributed by atoms with E-state index >= 15 is 0 Å². The van der Waals surface area contributed by atoms with Gasteiger partial charge in [0, 0.05) is 47.7 Å². The standard InChI is InChI=1S/C17H17FN2O2S/c1-22-16(17-3-2-6-23-17)10-19-9-12-8-15(21)13-7-11(18)4-5-14(13)20-12/h2-8,16,19H,9-10H2,1H3,(H,20,21). The van der Waals surface area contributed by atoms with Crippen molar-refractivity contribution < 1.29 is 9.13 Å². The third kappa shape index (κ3) is 3.67. The van der Waals surface area contributed by atoms with Crippen LogP contribution >= 0.6 is 11.3 Å². The van der Waals surface area contributed by atoms with E-state index in [1.807, 2.05) is 17.5 Å². The minimum Gasteiger partial charge on any atom is -0.375 e. The molecule has 0 amide bonds. The number of H-pyrrole nitrogens is 1. The second-order valence-electron chi connectivity index (χ2n) is 5.22. The van der Waals surface area contributed by atoms with E-state index in [2.05, 4.69) is 10.3 Å². The number of aromatic amines is 1. The Labute approximate surface area is 136 Å². The van der Waals surface area contributed by atoms with Gasteiger partial charge in [-0.1, -0.05) is 6.07 Å². The van der Waals surface area contributed by atoms with Crippen LogP contribution in [0.3, 0.4) is 0 Å². The van der Waals surface area contributed by atoms with Gasteiger partial charge in [-0.3, -0.25) is 4.79 Å². The number of methoxy groups -OCH3 is 1. The number of fused-ring (bicyclic) bond motifs is 1. The number of hydrogen-bond donors (Lipinski definition) is 2. The van der Waals surface area contributed by atoms with E-state index in [-0.39, 0.29) is 11.5 Å². The molecule has 2 aromatic heterocycles. The Bertz CT molecular complexity index is 845. The van der Waals surface area contributed by atoms with Crippen LogP contribution in [0.1, 0.15) is 16.7 Å². The number of aromatic nitrogens is 1. The normalized spacial score (nSPS) is 12.6. The van der Waals surface area contributed by atoms with Gasteiger partial charge >= 0.3 is 0 Å². The van der Waals surface area contributed by atoms with Crippen molar-refractivity contribution in [2.45, 2.75) is 12.6 Å². The molecule has 2 N–H and O–H groups in total. The maximum atomic E-state index is 13.2. The molecule has 120 valence electrons. The summed E-state index contributed by atoms with van der Waals surface area (Å²) in [5.41, 5.74) is 1.21. The van der Waals surface area contributed by atoms with E-state index < -0.39 is 5.82 Å². The molecule has 0 saturated carbocycles. The maximum Gasteiger partial charge on any atom is 0.189 e. The average Bonchev–Trinajstić information content (AvgIpc) is 3.06. The van der Waals surface area contributed by atoms with Gasteiger partial charge < -0.3 is 15.0 Å². The van der Waals surface area contributed by atoms with E-state index in [1.165, 1.54) is 18.2 Å². The van der Waals surface area contributed by atoms with Gasteiger partial charge in [0.1, 0.15) is 11.9 Å². The van der Waals surface area contributed by atoms with Gasteiger partial charge in [-0.15, -0.1) is 11.3 Å². The molecule has 0 aliphatic heterocycles. The molecule has 0 fully saturated rings. The summed E-state index contributed by atoms with van der Waals surface area (Å²) in [6.45, 7) is 1.15. The first-order chi connectivity index (χ1) is 11.2. The molecular weight excluding hydrogens is 315 g/mol. The molecular formula is C17H17FN2O2S. The van der Waals surface area contributed by atoms with Crippen LogP contribution in [0.4, 0.5) is 4.39 Å². The van der Waals surface area contributed by atoms with E-state index in [4.69, 9.17) is 4.74 Å². The molecule has 1 atom stereocenters. The lowest BCUT2D eigenvalue weighted by molar-refractivity contribution is 0.105. The molecule has 0 bridgehead atoms. The first-order valence-corrected chi connectivity index (χ1v) is 8.13. The highest BCUT2D eigenvalue weighted by Gasteiger charge is 2.11. The van der Waals surface area contributed by atoms with Crippen molar-refractivity contribution in [1.29, 1.82) is 0 Å². The van der Waals surface area contributed by atoms with Gasteiger partial charge in [0.15, 0.2) is 5.43 Å². The molecule has 6 heteroatoms. The molecule has 3 rings (SSSR count). The lowest BCUT2D eigenvalue weighted by Crippen LogP contribution is -2.23. The van der Waals surface area contributed by atoms with Crippen LogP contribution in [0.5, 0.6) is 0 Å². The molecule has 2 heterocycles. The SMILES string of the molecule is COC(CNCc1cc(=O)c2cc(F)ccc2[nH]1)c1cccs1. The van der Waals surface area contributed by atoms with E-state index in [0.29, 0.717) is 24.0 Å². The predicted octanol–water partition coefficient (Wildman–Crippen LogP) is 3.21. The van der Waals surface area contributed by atoms with E-state index in [9.17, 15) is 9.18 Å². The van der Waals surface area contributed by atoms with Crippen LogP contribution in [-0.4, -0.2) is 18.6 Å². The van der Waals surface area contributed by atoms with Crippen molar-refractivity contribution in [2.24, 2.45) is 0 Å². The van der Waals surface area contributed by atoms with E-state index in [0.717, 1.165) is 10.6 Å². The van der Waals surface area contributed by atoms with Gasteiger partial charge in [-0.05, 0) is 29.6 Å². The van der Waals surface area contributed by atoms with Crippen molar-refractivity contribution in [3.63, 3.8) is 0 Å². The number of rotatable bonds is 6. The molecule has 1 unspecified atom stereocenters. The van der Waals surface area contributed by atoms with Gasteiger partial charge in [-0.2, -0.15) is 0 Å². The Morgan fingerprint density at radius 3 is 2.96 bits per heavy atom. The van der Waals surface area contributed by atoms with E-state index in [1.54, 1.807) is 24.5 Å². The lowest BCUT2D eigenvalue weighted by Gasteiger charge is -2.14. The second kappa shape index (κ2) is 7.04. The second-order valence-corrected chi connectivity index (χ2v) is 6.20. The largest absolute Gasteiger partial charge is 0.375 e. The van der Waals surface area contributed by atoms with Crippen LogP contribution < -0.4 is 10.7 Å². The van der Waals surface area contributed by atoms with Crippen molar-refractivity contribution in [3.8, 4) is 0 Å². The Morgan fingerprint density at radius 2 is 2.22 bits per heavy atom. The van der Waals surface area contributed by atoms with Gasteiger partial charge in [-0.25, -0.2) is 4.39 Å². The monoisotopic (exact) mass is 332 g/mol. The zero-order valence-electron chi connectivity index (χ0n) is 12.6. The molecule has 0 spiro atoms. The maximum absolute atomic E-state index is 13.2. The number of hydrogen-bond acceptors (Lipinski definition) is 4. The highest BCUT2D eigenvalue weighted by molar-refractivity contribution is 7.10. The third-order valence-electron chi connectivity index (χ3n) is 3.64. The number of nitrogens with one attached hydrogen (secondary N) is 2. The molecule has 3 aromatic rings. The summed E-state index contributed by atoms with van der Waals surface area (Å²) >= 11 is 1.65. The van der Waals surface area contributed by atoms with Crippen molar-refractivity contribution in [2.75, 3.05) is 13.7 Å². The number of halogens is 1. The number of ether oxygens (including phenoxy) is 1. The number of benzene rings is 1. The van der Waals surface area contributed by atoms with Crippen LogP contribution in [0.25, 0.3) is 10.9 Å². The fraction of sp³-hybridized carbons (Fsp3) is 0.235. The first kappa shape index (κ1) is 15.9. The molecule has 0 aliphatic rings. The smallest absolute Gasteiger partial charge is 0.189 e. The highest BCUT2D eigenvalue weighted by atomic mass is 32.1. The predicted molar refractivity (Wildman–Crippen MR) is 90.3 cm³/mol. The van der Waals surface area contributed by atoms with Gasteiger partial charge in [0.2, 0.25) is 0 Å². The average molecular weight is 332 g/mol. The van der Waals surface area contributed by atoms with Crippen molar-refractivity contribution >= 4 is 22.2 Å².